The second-order valence-electron chi connectivity index (χ2n) is 6.92. The summed E-state index contributed by atoms with van der Waals surface area (Å²) in [5.74, 6) is -0.349. The number of carbonyl (C=O) groups excluding carboxylic acids is 1. The van der Waals surface area contributed by atoms with E-state index in [1.165, 1.54) is 64.2 Å². The molecule has 0 amide bonds. The zero-order chi connectivity index (χ0) is 18.6. The van der Waals surface area contributed by atoms with Crippen LogP contribution in [0.5, 0.6) is 0 Å². The third-order valence-electron chi connectivity index (χ3n) is 4.10. The zero-order valence-electron chi connectivity index (χ0n) is 16.5. The molecule has 0 spiro atoms. The van der Waals surface area contributed by atoms with Gasteiger partial charge in [-0.3, -0.25) is 4.89 Å². The number of aliphatic hydroxyl groups is 1. The summed E-state index contributed by atoms with van der Waals surface area (Å²) < 4.78 is 0. The summed E-state index contributed by atoms with van der Waals surface area (Å²) in [5.41, 5.74) is 0. The summed E-state index contributed by atoms with van der Waals surface area (Å²) in [7, 11) is 0. The molecule has 1 N–H and O–H groups in total. The lowest BCUT2D eigenvalue weighted by atomic mass is 10.1. The maximum Gasteiger partial charge on any atom is 0.342 e. The van der Waals surface area contributed by atoms with Crippen LogP contribution >= 0.6 is 0 Å². The highest BCUT2D eigenvalue weighted by Gasteiger charge is 2.05. The van der Waals surface area contributed by atoms with Crippen molar-refractivity contribution in [1.29, 1.82) is 0 Å². The largest absolute Gasteiger partial charge is 0.391 e. The van der Waals surface area contributed by atoms with Gasteiger partial charge >= 0.3 is 5.97 Å². The van der Waals surface area contributed by atoms with Gasteiger partial charge in [-0.2, -0.15) is 4.89 Å². The van der Waals surface area contributed by atoms with Crippen LogP contribution in [0.4, 0.5) is 0 Å². The normalized spacial score (nSPS) is 12.6. The van der Waals surface area contributed by atoms with Crippen molar-refractivity contribution in [2.45, 2.75) is 110 Å². The predicted octanol–water partition coefficient (Wildman–Crippen LogP) is 5.88. The van der Waals surface area contributed by atoms with E-state index in [4.69, 9.17) is 5.11 Å². The molecule has 1 unspecified atom stereocenters. The molecule has 0 rings (SSSR count). The lowest BCUT2D eigenvalue weighted by Gasteiger charge is -2.05. The van der Waals surface area contributed by atoms with E-state index < -0.39 is 6.10 Å². The number of hydrogen-bond acceptors (Lipinski definition) is 4. The highest BCUT2D eigenvalue weighted by molar-refractivity contribution is 5.68. The fourth-order valence-electron chi connectivity index (χ4n) is 2.58. The van der Waals surface area contributed by atoms with Gasteiger partial charge in [0, 0.05) is 6.42 Å². The molecule has 0 fully saturated rings. The average Bonchev–Trinajstić information content (AvgIpc) is 2.58. The fourth-order valence-corrected chi connectivity index (χ4v) is 2.58. The first-order valence-electron chi connectivity index (χ1n) is 10.3. The smallest absolute Gasteiger partial charge is 0.342 e. The molecule has 0 aliphatic heterocycles. The summed E-state index contributed by atoms with van der Waals surface area (Å²) in [6, 6.07) is 0. The molecule has 0 saturated heterocycles. The van der Waals surface area contributed by atoms with Gasteiger partial charge in [-0.15, -0.1) is 0 Å². The Kier molecular flexibility index (Phi) is 18.8. The molecule has 0 aromatic rings. The zero-order valence-corrected chi connectivity index (χ0v) is 16.5. The van der Waals surface area contributed by atoms with Crippen LogP contribution in [-0.2, 0) is 14.6 Å². The SMILES string of the molecule is CCCCCCCCC=CCCCCCCCC(=O)OOCC(C)O. The van der Waals surface area contributed by atoms with Crippen LogP contribution in [0.3, 0.4) is 0 Å². The minimum atomic E-state index is -0.618. The van der Waals surface area contributed by atoms with Crippen molar-refractivity contribution < 1.29 is 19.7 Å². The van der Waals surface area contributed by atoms with Crippen molar-refractivity contribution in [3.63, 3.8) is 0 Å². The van der Waals surface area contributed by atoms with Crippen molar-refractivity contribution in [3.05, 3.63) is 12.2 Å². The molecule has 25 heavy (non-hydrogen) atoms. The van der Waals surface area contributed by atoms with Crippen LogP contribution in [0.15, 0.2) is 12.2 Å². The molecule has 0 aromatic carbocycles. The Labute approximate surface area is 154 Å². The van der Waals surface area contributed by atoms with Crippen LogP contribution in [0, 0.1) is 0 Å². The Bertz CT molecular complexity index is 313. The Hall–Kier alpha value is -0.870. The summed E-state index contributed by atoms with van der Waals surface area (Å²) >= 11 is 0. The molecule has 0 saturated carbocycles. The van der Waals surface area contributed by atoms with Gasteiger partial charge in [-0.05, 0) is 39.0 Å². The maximum absolute atomic E-state index is 11.3. The molecule has 0 radical (unpaired) electrons. The molecule has 0 heterocycles. The molecule has 0 aliphatic rings. The van der Waals surface area contributed by atoms with Crippen LogP contribution < -0.4 is 0 Å². The quantitative estimate of drug-likeness (QED) is 0.144. The van der Waals surface area contributed by atoms with Gasteiger partial charge in [0.1, 0.15) is 6.61 Å². The van der Waals surface area contributed by atoms with Crippen molar-refractivity contribution >= 4 is 5.97 Å². The van der Waals surface area contributed by atoms with E-state index in [0.29, 0.717) is 6.42 Å². The topological polar surface area (TPSA) is 55.8 Å². The van der Waals surface area contributed by atoms with Crippen LogP contribution in [0.25, 0.3) is 0 Å². The Morgan fingerprint density at radius 2 is 1.40 bits per heavy atom. The van der Waals surface area contributed by atoms with E-state index in [0.717, 1.165) is 19.3 Å². The van der Waals surface area contributed by atoms with Crippen molar-refractivity contribution in [1.82, 2.24) is 0 Å². The molecule has 148 valence electrons. The summed E-state index contributed by atoms with van der Waals surface area (Å²) in [4.78, 5) is 20.5. The first-order valence-corrected chi connectivity index (χ1v) is 10.3. The summed E-state index contributed by atoms with van der Waals surface area (Å²) in [5, 5.41) is 8.96. The minimum Gasteiger partial charge on any atom is -0.391 e. The first kappa shape index (κ1) is 24.1. The highest BCUT2D eigenvalue weighted by Crippen LogP contribution is 2.10. The van der Waals surface area contributed by atoms with E-state index in [-0.39, 0.29) is 12.6 Å². The molecule has 0 aromatic heterocycles. The number of carbonyl (C=O) groups is 1. The number of rotatable bonds is 18. The van der Waals surface area contributed by atoms with Gasteiger partial charge in [0.05, 0.1) is 6.10 Å². The van der Waals surface area contributed by atoms with E-state index in [2.05, 4.69) is 28.9 Å². The van der Waals surface area contributed by atoms with Gasteiger partial charge in [-0.1, -0.05) is 70.4 Å². The molecular weight excluding hydrogens is 316 g/mol. The van der Waals surface area contributed by atoms with Gasteiger partial charge in [0.25, 0.3) is 0 Å². The van der Waals surface area contributed by atoms with Crippen LogP contribution in [0.2, 0.25) is 0 Å². The minimum absolute atomic E-state index is 0.0259. The van der Waals surface area contributed by atoms with Gasteiger partial charge in [0.15, 0.2) is 0 Å². The van der Waals surface area contributed by atoms with E-state index >= 15 is 0 Å². The van der Waals surface area contributed by atoms with Crippen molar-refractivity contribution in [3.8, 4) is 0 Å². The van der Waals surface area contributed by atoms with Gasteiger partial charge < -0.3 is 5.11 Å². The highest BCUT2D eigenvalue weighted by atomic mass is 17.2. The Morgan fingerprint density at radius 3 is 1.96 bits per heavy atom. The summed E-state index contributed by atoms with van der Waals surface area (Å²) in [6.45, 7) is 3.86. The second-order valence-corrected chi connectivity index (χ2v) is 6.92. The molecule has 4 heteroatoms. The standard InChI is InChI=1S/C21H40O4/c1-3-4-5-6-7-8-9-10-11-12-13-14-15-16-17-18-21(23)25-24-19-20(2)22/h10-11,20,22H,3-9,12-19H2,1-2H3. The maximum atomic E-state index is 11.3. The van der Waals surface area contributed by atoms with Crippen molar-refractivity contribution in [2.75, 3.05) is 6.61 Å². The van der Waals surface area contributed by atoms with Crippen LogP contribution in [0.1, 0.15) is 104 Å². The number of unbranched alkanes of at least 4 members (excludes halogenated alkanes) is 11. The number of allylic oxidation sites excluding steroid dienone is 2. The molecule has 0 aliphatic carbocycles. The molecular formula is C21H40O4. The fraction of sp³-hybridized carbons (Fsp3) is 0.857. The van der Waals surface area contributed by atoms with E-state index in [1.54, 1.807) is 6.92 Å². The van der Waals surface area contributed by atoms with E-state index in [9.17, 15) is 4.79 Å². The Balaban J connectivity index is 3.20. The summed E-state index contributed by atoms with van der Waals surface area (Å²) in [6.07, 6.45) is 20.5. The average molecular weight is 357 g/mol. The van der Waals surface area contributed by atoms with Gasteiger partial charge in [0.2, 0.25) is 0 Å². The van der Waals surface area contributed by atoms with E-state index in [1.807, 2.05) is 0 Å². The lowest BCUT2D eigenvalue weighted by molar-refractivity contribution is -0.280. The predicted molar refractivity (Wildman–Crippen MR) is 103 cm³/mol. The van der Waals surface area contributed by atoms with Crippen molar-refractivity contribution in [2.24, 2.45) is 0 Å². The molecule has 4 nitrogen and oxygen atoms in total. The molecule has 0 bridgehead atoms. The first-order chi connectivity index (χ1) is 12.2. The molecule has 1 atom stereocenters. The van der Waals surface area contributed by atoms with Crippen LogP contribution in [-0.4, -0.2) is 23.8 Å². The van der Waals surface area contributed by atoms with Gasteiger partial charge in [-0.25, -0.2) is 4.79 Å². The number of hydrogen-bond donors (Lipinski definition) is 1. The third kappa shape index (κ3) is 21.1. The monoisotopic (exact) mass is 356 g/mol. The lowest BCUT2D eigenvalue weighted by Crippen LogP contribution is -2.13. The second kappa shape index (κ2) is 19.5. The number of aliphatic hydroxyl groups excluding tert-OH is 1. The third-order valence-corrected chi connectivity index (χ3v) is 4.10. The Morgan fingerprint density at radius 1 is 0.880 bits per heavy atom.